The molecule has 0 fully saturated rings. The highest BCUT2D eigenvalue weighted by Gasteiger charge is 2.11. The van der Waals surface area contributed by atoms with Gasteiger partial charge in [0, 0.05) is 4.47 Å². The van der Waals surface area contributed by atoms with Crippen LogP contribution in [-0.2, 0) is 0 Å². The molecule has 0 saturated carbocycles. The summed E-state index contributed by atoms with van der Waals surface area (Å²) in [6.45, 7) is 0. The van der Waals surface area contributed by atoms with Crippen molar-refractivity contribution in [2.45, 2.75) is 0 Å². The van der Waals surface area contributed by atoms with Gasteiger partial charge >= 0.3 is 0 Å². The molecule has 0 heterocycles. The first kappa shape index (κ1) is 13.1. The second-order valence-electron chi connectivity index (χ2n) is 3.67. The molecule has 0 atom stereocenters. The summed E-state index contributed by atoms with van der Waals surface area (Å²) in [5.41, 5.74) is 1.16. The number of anilines is 2. The Labute approximate surface area is 118 Å². The van der Waals surface area contributed by atoms with E-state index in [0.717, 1.165) is 0 Å². The SMILES string of the molecule is N#Cc1c(F)cccc1Nc1cccc(Br)c1C#N. The first-order valence-corrected chi connectivity index (χ1v) is 6.11. The summed E-state index contributed by atoms with van der Waals surface area (Å²) in [5, 5.41) is 21.0. The van der Waals surface area contributed by atoms with Gasteiger partial charge in [-0.2, -0.15) is 10.5 Å². The van der Waals surface area contributed by atoms with Crippen molar-refractivity contribution in [3.63, 3.8) is 0 Å². The first-order valence-electron chi connectivity index (χ1n) is 5.31. The average molecular weight is 316 g/mol. The zero-order chi connectivity index (χ0) is 13.8. The monoisotopic (exact) mass is 315 g/mol. The second kappa shape index (κ2) is 5.51. The lowest BCUT2D eigenvalue weighted by Crippen LogP contribution is -1.98. The van der Waals surface area contributed by atoms with Crippen LogP contribution >= 0.6 is 15.9 Å². The largest absolute Gasteiger partial charge is 0.353 e. The molecule has 3 nitrogen and oxygen atoms in total. The van der Waals surface area contributed by atoms with Crippen LogP contribution in [0.1, 0.15) is 11.1 Å². The van der Waals surface area contributed by atoms with E-state index < -0.39 is 5.82 Å². The van der Waals surface area contributed by atoms with Crippen molar-refractivity contribution in [2.75, 3.05) is 5.32 Å². The lowest BCUT2D eigenvalue weighted by Gasteiger charge is -2.10. The standard InChI is InChI=1S/C14H7BrFN3/c15-11-3-1-5-13(9(11)7-17)19-14-6-2-4-12(16)10(14)8-18/h1-6,19H. The van der Waals surface area contributed by atoms with E-state index in [9.17, 15) is 4.39 Å². The molecule has 2 rings (SSSR count). The third-order valence-electron chi connectivity index (χ3n) is 2.52. The molecule has 0 aliphatic rings. The molecule has 92 valence electrons. The molecule has 2 aromatic carbocycles. The molecule has 0 amide bonds. The number of hydrogen-bond donors (Lipinski definition) is 1. The maximum atomic E-state index is 13.5. The smallest absolute Gasteiger partial charge is 0.143 e. The highest BCUT2D eigenvalue weighted by Crippen LogP contribution is 2.28. The van der Waals surface area contributed by atoms with Gasteiger partial charge in [-0.05, 0) is 40.2 Å². The quantitative estimate of drug-likeness (QED) is 0.908. The number of halogens is 2. The Morgan fingerprint density at radius 1 is 0.947 bits per heavy atom. The Hall–Kier alpha value is -2.37. The Bertz CT molecular complexity index is 652. The van der Waals surface area contributed by atoms with Gasteiger partial charge in [0.05, 0.1) is 16.9 Å². The topological polar surface area (TPSA) is 59.6 Å². The molecular formula is C14H7BrFN3. The summed E-state index contributed by atoms with van der Waals surface area (Å²) in [7, 11) is 0. The summed E-state index contributed by atoms with van der Waals surface area (Å²) < 4.78 is 14.1. The highest BCUT2D eigenvalue weighted by molar-refractivity contribution is 9.10. The summed E-state index contributed by atoms with van der Waals surface area (Å²) in [4.78, 5) is 0. The Balaban J connectivity index is 2.50. The molecular weight excluding hydrogens is 309 g/mol. The van der Waals surface area contributed by atoms with Gasteiger partial charge in [-0.15, -0.1) is 0 Å². The van der Waals surface area contributed by atoms with Crippen LogP contribution in [0.3, 0.4) is 0 Å². The van der Waals surface area contributed by atoms with Gasteiger partial charge < -0.3 is 5.32 Å². The summed E-state index contributed by atoms with van der Waals surface area (Å²) >= 11 is 3.27. The number of nitrogens with one attached hydrogen (secondary N) is 1. The van der Waals surface area contributed by atoms with Crippen LogP contribution in [0.5, 0.6) is 0 Å². The third-order valence-corrected chi connectivity index (χ3v) is 3.18. The normalized spacial score (nSPS) is 9.47. The van der Waals surface area contributed by atoms with E-state index in [1.165, 1.54) is 12.1 Å². The summed E-state index contributed by atoms with van der Waals surface area (Å²) in [6.07, 6.45) is 0. The summed E-state index contributed by atoms with van der Waals surface area (Å²) in [5.74, 6) is -0.596. The molecule has 19 heavy (non-hydrogen) atoms. The zero-order valence-electron chi connectivity index (χ0n) is 9.61. The van der Waals surface area contributed by atoms with Gasteiger partial charge in [-0.3, -0.25) is 0 Å². The second-order valence-corrected chi connectivity index (χ2v) is 4.53. The molecule has 5 heteroatoms. The highest BCUT2D eigenvalue weighted by atomic mass is 79.9. The van der Waals surface area contributed by atoms with Crippen molar-refractivity contribution < 1.29 is 4.39 Å². The molecule has 1 N–H and O–H groups in total. The van der Waals surface area contributed by atoms with Gasteiger partial charge in [0.1, 0.15) is 23.5 Å². The molecule has 0 aliphatic heterocycles. The number of benzene rings is 2. The zero-order valence-corrected chi connectivity index (χ0v) is 11.2. The maximum Gasteiger partial charge on any atom is 0.143 e. The van der Waals surface area contributed by atoms with Crippen molar-refractivity contribution in [1.82, 2.24) is 0 Å². The molecule has 0 unspecified atom stereocenters. The third kappa shape index (κ3) is 2.57. The van der Waals surface area contributed by atoms with E-state index >= 15 is 0 Å². The van der Waals surface area contributed by atoms with Crippen molar-refractivity contribution in [3.05, 3.63) is 57.8 Å². The molecule has 0 aromatic heterocycles. The molecule has 0 spiro atoms. The van der Waals surface area contributed by atoms with Gasteiger partial charge in [-0.25, -0.2) is 4.39 Å². The Morgan fingerprint density at radius 2 is 1.53 bits per heavy atom. The van der Waals surface area contributed by atoms with Crippen LogP contribution in [0.4, 0.5) is 15.8 Å². The average Bonchev–Trinajstić information content (AvgIpc) is 2.39. The van der Waals surface area contributed by atoms with Crippen LogP contribution in [-0.4, -0.2) is 0 Å². The molecule has 0 aliphatic carbocycles. The van der Waals surface area contributed by atoms with Crippen LogP contribution in [0, 0.1) is 28.5 Å². The number of nitrogens with zero attached hydrogens (tertiary/aromatic N) is 2. The fraction of sp³-hybridized carbons (Fsp3) is 0. The van der Waals surface area contributed by atoms with Crippen LogP contribution in [0.15, 0.2) is 40.9 Å². The Morgan fingerprint density at radius 3 is 2.16 bits per heavy atom. The minimum absolute atomic E-state index is 0.0774. The van der Waals surface area contributed by atoms with E-state index in [1.807, 2.05) is 0 Å². The molecule has 0 radical (unpaired) electrons. The summed E-state index contributed by atoms with van der Waals surface area (Å²) in [6, 6.07) is 13.3. The van der Waals surface area contributed by atoms with Gasteiger partial charge in [-0.1, -0.05) is 12.1 Å². The first-order chi connectivity index (χ1) is 9.17. The van der Waals surface area contributed by atoms with Crippen LogP contribution in [0.25, 0.3) is 0 Å². The van der Waals surface area contributed by atoms with Crippen molar-refractivity contribution in [3.8, 4) is 12.1 Å². The molecule has 0 saturated heterocycles. The van der Waals surface area contributed by atoms with Crippen molar-refractivity contribution >= 4 is 27.3 Å². The van der Waals surface area contributed by atoms with Gasteiger partial charge in [0.2, 0.25) is 0 Å². The Kier molecular flexibility index (Phi) is 3.79. The van der Waals surface area contributed by atoms with Crippen LogP contribution < -0.4 is 5.32 Å². The van der Waals surface area contributed by atoms with Gasteiger partial charge in [0.25, 0.3) is 0 Å². The number of rotatable bonds is 2. The van der Waals surface area contributed by atoms with E-state index in [1.54, 1.807) is 30.3 Å². The number of nitriles is 2. The fourth-order valence-electron chi connectivity index (χ4n) is 1.63. The fourth-order valence-corrected chi connectivity index (χ4v) is 2.08. The predicted octanol–water partition coefficient (Wildman–Crippen LogP) is 4.08. The van der Waals surface area contributed by atoms with Crippen molar-refractivity contribution in [2.24, 2.45) is 0 Å². The van der Waals surface area contributed by atoms with E-state index in [4.69, 9.17) is 10.5 Å². The number of hydrogen-bond acceptors (Lipinski definition) is 3. The van der Waals surface area contributed by atoms with E-state index in [-0.39, 0.29) is 5.56 Å². The minimum Gasteiger partial charge on any atom is -0.353 e. The van der Waals surface area contributed by atoms with Crippen molar-refractivity contribution in [1.29, 1.82) is 10.5 Å². The van der Waals surface area contributed by atoms with E-state index in [0.29, 0.717) is 21.4 Å². The molecule has 0 bridgehead atoms. The minimum atomic E-state index is -0.596. The predicted molar refractivity (Wildman–Crippen MR) is 73.3 cm³/mol. The maximum absolute atomic E-state index is 13.5. The lowest BCUT2D eigenvalue weighted by molar-refractivity contribution is 0.624. The lowest BCUT2D eigenvalue weighted by atomic mass is 10.1. The van der Waals surface area contributed by atoms with E-state index in [2.05, 4.69) is 27.3 Å². The molecule has 2 aromatic rings. The van der Waals surface area contributed by atoms with Crippen LogP contribution in [0.2, 0.25) is 0 Å². The van der Waals surface area contributed by atoms with Gasteiger partial charge in [0.15, 0.2) is 0 Å².